The van der Waals surface area contributed by atoms with Gasteiger partial charge in [-0.2, -0.15) is 0 Å². The Morgan fingerprint density at radius 3 is 2.74 bits per heavy atom. The third kappa shape index (κ3) is 5.11. The second kappa shape index (κ2) is 8.16. The lowest BCUT2D eigenvalue weighted by Gasteiger charge is -2.09. The molecule has 0 aliphatic rings. The van der Waals surface area contributed by atoms with Crippen molar-refractivity contribution in [2.24, 2.45) is 0 Å². The fourth-order valence-corrected chi connectivity index (χ4v) is 2.49. The second-order valence-electron chi connectivity index (χ2n) is 4.47. The lowest BCUT2D eigenvalue weighted by Crippen LogP contribution is -2.14. The van der Waals surface area contributed by atoms with Gasteiger partial charge in [-0.1, -0.05) is 17.7 Å². The zero-order valence-corrected chi connectivity index (χ0v) is 15.1. The van der Waals surface area contributed by atoms with E-state index in [-0.39, 0.29) is 12.5 Å². The lowest BCUT2D eigenvalue weighted by molar-refractivity contribution is -0.142. The summed E-state index contributed by atoms with van der Waals surface area (Å²) in [5.74, 6) is -0.302. The maximum atomic E-state index is 12.3. The minimum absolute atomic E-state index is 0.194. The SMILES string of the molecule is COC(=O)COc1cccc(NC(=O)c2cc(Cl)ccc2I)c1. The number of rotatable bonds is 5. The van der Waals surface area contributed by atoms with E-state index in [1.54, 1.807) is 42.5 Å². The Hall–Kier alpha value is -1.80. The quantitative estimate of drug-likeness (QED) is 0.562. The summed E-state index contributed by atoms with van der Waals surface area (Å²) in [6.07, 6.45) is 0. The molecule has 0 heterocycles. The molecular weight excluding hydrogens is 433 g/mol. The molecular formula is C16H13ClINO4. The maximum Gasteiger partial charge on any atom is 0.343 e. The van der Waals surface area contributed by atoms with Gasteiger partial charge in [-0.05, 0) is 52.9 Å². The molecule has 23 heavy (non-hydrogen) atoms. The minimum Gasteiger partial charge on any atom is -0.482 e. The highest BCUT2D eigenvalue weighted by atomic mass is 127. The number of amides is 1. The van der Waals surface area contributed by atoms with E-state index in [1.807, 2.05) is 0 Å². The molecule has 0 radical (unpaired) electrons. The van der Waals surface area contributed by atoms with Crippen molar-refractivity contribution in [3.8, 4) is 5.75 Å². The molecule has 2 rings (SSSR count). The summed E-state index contributed by atoms with van der Waals surface area (Å²) in [5, 5.41) is 3.26. The van der Waals surface area contributed by atoms with E-state index in [1.165, 1.54) is 7.11 Å². The molecule has 0 aromatic heterocycles. The van der Waals surface area contributed by atoms with Crippen molar-refractivity contribution in [1.82, 2.24) is 0 Å². The maximum absolute atomic E-state index is 12.3. The van der Waals surface area contributed by atoms with E-state index in [2.05, 4.69) is 32.6 Å². The summed E-state index contributed by atoms with van der Waals surface area (Å²) in [6.45, 7) is -0.194. The summed E-state index contributed by atoms with van der Waals surface area (Å²) in [5.41, 5.74) is 1.03. The molecule has 0 fully saturated rings. The first-order valence-corrected chi connectivity index (χ1v) is 8.01. The van der Waals surface area contributed by atoms with Gasteiger partial charge in [-0.25, -0.2) is 4.79 Å². The Balaban J connectivity index is 2.09. The predicted molar refractivity (Wildman–Crippen MR) is 96.1 cm³/mol. The first kappa shape index (κ1) is 17.6. The number of benzene rings is 2. The zero-order chi connectivity index (χ0) is 16.8. The van der Waals surface area contributed by atoms with Crippen LogP contribution in [0.3, 0.4) is 0 Å². The van der Waals surface area contributed by atoms with Crippen LogP contribution in [0.2, 0.25) is 5.02 Å². The smallest absolute Gasteiger partial charge is 0.343 e. The first-order valence-electron chi connectivity index (χ1n) is 6.55. The van der Waals surface area contributed by atoms with E-state index >= 15 is 0 Å². The molecule has 1 N–H and O–H groups in total. The summed E-state index contributed by atoms with van der Waals surface area (Å²) in [6, 6.07) is 11.8. The zero-order valence-electron chi connectivity index (χ0n) is 12.1. The van der Waals surface area contributed by atoms with Gasteiger partial charge in [0.25, 0.3) is 5.91 Å². The summed E-state index contributed by atoms with van der Waals surface area (Å²) < 4.78 is 10.6. The van der Waals surface area contributed by atoms with Gasteiger partial charge in [-0.15, -0.1) is 0 Å². The van der Waals surface area contributed by atoms with Crippen molar-refractivity contribution >= 4 is 51.8 Å². The van der Waals surface area contributed by atoms with Crippen LogP contribution in [-0.2, 0) is 9.53 Å². The van der Waals surface area contributed by atoms with Crippen LogP contribution < -0.4 is 10.1 Å². The number of carbonyl (C=O) groups is 2. The summed E-state index contributed by atoms with van der Waals surface area (Å²) in [4.78, 5) is 23.4. The van der Waals surface area contributed by atoms with Crippen molar-refractivity contribution in [2.75, 3.05) is 19.0 Å². The molecule has 7 heteroatoms. The van der Waals surface area contributed by atoms with Gasteiger partial charge in [0.05, 0.1) is 12.7 Å². The van der Waals surface area contributed by atoms with Crippen LogP contribution in [0.4, 0.5) is 5.69 Å². The number of anilines is 1. The molecule has 0 aliphatic carbocycles. The van der Waals surface area contributed by atoms with Gasteiger partial charge < -0.3 is 14.8 Å². The molecule has 0 saturated heterocycles. The van der Waals surface area contributed by atoms with Crippen molar-refractivity contribution in [1.29, 1.82) is 0 Å². The van der Waals surface area contributed by atoms with Gasteiger partial charge in [0.2, 0.25) is 0 Å². The van der Waals surface area contributed by atoms with Gasteiger partial charge in [0.15, 0.2) is 6.61 Å². The number of hydrogen-bond donors (Lipinski definition) is 1. The van der Waals surface area contributed by atoms with E-state index in [0.29, 0.717) is 22.0 Å². The Morgan fingerprint density at radius 1 is 1.22 bits per heavy atom. The third-order valence-corrected chi connectivity index (χ3v) is 4.03. The molecule has 0 spiro atoms. The average molecular weight is 446 g/mol. The van der Waals surface area contributed by atoms with E-state index in [4.69, 9.17) is 16.3 Å². The van der Waals surface area contributed by atoms with Crippen LogP contribution in [0, 0.1) is 3.57 Å². The highest BCUT2D eigenvalue weighted by Crippen LogP contribution is 2.21. The molecule has 0 saturated carbocycles. The fourth-order valence-electron chi connectivity index (χ4n) is 1.73. The van der Waals surface area contributed by atoms with Crippen LogP contribution in [-0.4, -0.2) is 25.6 Å². The van der Waals surface area contributed by atoms with Gasteiger partial charge in [0, 0.05) is 20.3 Å². The highest BCUT2D eigenvalue weighted by molar-refractivity contribution is 14.1. The molecule has 0 atom stereocenters. The third-order valence-electron chi connectivity index (χ3n) is 2.85. The standard InChI is InChI=1S/C16H13ClINO4/c1-22-15(20)9-23-12-4-2-3-11(8-12)19-16(21)13-7-10(17)5-6-14(13)18/h2-8H,9H2,1H3,(H,19,21). The van der Waals surface area contributed by atoms with Crippen molar-refractivity contribution < 1.29 is 19.1 Å². The Labute approximate surface area is 152 Å². The van der Waals surface area contributed by atoms with Crippen LogP contribution in [0.15, 0.2) is 42.5 Å². The number of methoxy groups -OCH3 is 1. The lowest BCUT2D eigenvalue weighted by atomic mass is 10.2. The van der Waals surface area contributed by atoms with Gasteiger partial charge in [0.1, 0.15) is 5.75 Å². The molecule has 5 nitrogen and oxygen atoms in total. The largest absolute Gasteiger partial charge is 0.482 e. The second-order valence-corrected chi connectivity index (χ2v) is 6.07. The Bertz CT molecular complexity index is 736. The molecule has 0 aliphatic heterocycles. The number of esters is 1. The summed E-state index contributed by atoms with van der Waals surface area (Å²) >= 11 is 8.00. The molecule has 1 amide bonds. The van der Waals surface area contributed by atoms with E-state index < -0.39 is 5.97 Å². The van der Waals surface area contributed by atoms with Crippen molar-refractivity contribution in [3.63, 3.8) is 0 Å². The van der Waals surface area contributed by atoms with Crippen LogP contribution in [0.25, 0.3) is 0 Å². The Morgan fingerprint density at radius 2 is 2.00 bits per heavy atom. The number of halogens is 2. The average Bonchev–Trinajstić information content (AvgIpc) is 2.55. The molecule has 0 bridgehead atoms. The van der Waals surface area contributed by atoms with E-state index in [9.17, 15) is 9.59 Å². The topological polar surface area (TPSA) is 64.6 Å². The monoisotopic (exact) mass is 445 g/mol. The normalized spacial score (nSPS) is 10.0. The van der Waals surface area contributed by atoms with Crippen LogP contribution in [0.1, 0.15) is 10.4 Å². The highest BCUT2D eigenvalue weighted by Gasteiger charge is 2.11. The first-order chi connectivity index (χ1) is 11.0. The molecule has 0 unspecified atom stereocenters. The van der Waals surface area contributed by atoms with Crippen LogP contribution in [0.5, 0.6) is 5.75 Å². The molecule has 2 aromatic carbocycles. The summed E-state index contributed by atoms with van der Waals surface area (Å²) in [7, 11) is 1.29. The van der Waals surface area contributed by atoms with Gasteiger partial charge in [-0.3, -0.25) is 4.79 Å². The Kier molecular flexibility index (Phi) is 6.23. The van der Waals surface area contributed by atoms with Crippen LogP contribution >= 0.6 is 34.2 Å². The number of nitrogens with one attached hydrogen (secondary N) is 1. The number of hydrogen-bond acceptors (Lipinski definition) is 4. The van der Waals surface area contributed by atoms with Gasteiger partial charge >= 0.3 is 5.97 Å². The predicted octanol–water partition coefficient (Wildman–Crippen LogP) is 3.75. The van der Waals surface area contributed by atoms with E-state index in [0.717, 1.165) is 3.57 Å². The van der Waals surface area contributed by atoms with Crippen molar-refractivity contribution in [3.05, 3.63) is 56.6 Å². The number of carbonyl (C=O) groups excluding carboxylic acids is 2. The molecule has 120 valence electrons. The minimum atomic E-state index is -0.479. The van der Waals surface area contributed by atoms with Crippen molar-refractivity contribution in [2.45, 2.75) is 0 Å². The fraction of sp³-hybridized carbons (Fsp3) is 0.125. The molecule has 2 aromatic rings. The number of ether oxygens (including phenoxy) is 2.